The molecular formula is C21H21N5O4. The first kappa shape index (κ1) is 19.6. The number of ether oxygens (including phenoxy) is 1. The molecule has 9 nitrogen and oxygen atoms in total. The zero-order chi connectivity index (χ0) is 21.1. The number of anilines is 1. The second kappa shape index (κ2) is 8.32. The lowest BCUT2D eigenvalue weighted by molar-refractivity contribution is -0.137. The summed E-state index contributed by atoms with van der Waals surface area (Å²) in [7, 11) is 0. The Kier molecular flexibility index (Phi) is 5.42. The smallest absolute Gasteiger partial charge is 0.325 e. The highest BCUT2D eigenvalue weighted by Gasteiger charge is 2.21. The molecule has 0 unspecified atom stereocenters. The maximum absolute atomic E-state index is 11.3. The zero-order valence-corrected chi connectivity index (χ0v) is 16.4. The number of nitrogens with one attached hydrogen (secondary N) is 1. The van der Waals surface area contributed by atoms with Crippen LogP contribution in [0, 0.1) is 0 Å². The van der Waals surface area contributed by atoms with E-state index in [1.807, 2.05) is 12.1 Å². The van der Waals surface area contributed by atoms with Crippen LogP contribution in [0.25, 0.3) is 11.1 Å². The number of aliphatic carboxylic acids is 1. The van der Waals surface area contributed by atoms with Crippen molar-refractivity contribution < 1.29 is 19.4 Å². The number of rotatable bonds is 8. The molecule has 9 heteroatoms. The fraction of sp³-hybridized carbons (Fsp3) is 0.286. The molecule has 1 aromatic carbocycles. The minimum absolute atomic E-state index is 0.153. The first-order valence-electron chi connectivity index (χ1n) is 9.55. The molecule has 2 N–H and O–H groups in total. The lowest BCUT2D eigenvalue weighted by Gasteiger charge is -2.12. The second-order valence-electron chi connectivity index (χ2n) is 7.24. The summed E-state index contributed by atoms with van der Waals surface area (Å²) in [5, 5.41) is 16.5. The number of hydrogen-bond acceptors (Lipinski definition) is 7. The fourth-order valence-electron chi connectivity index (χ4n) is 3.48. The van der Waals surface area contributed by atoms with Gasteiger partial charge in [-0.15, -0.1) is 5.10 Å². The average Bonchev–Trinajstić information content (AvgIpc) is 3.29. The van der Waals surface area contributed by atoms with Crippen molar-refractivity contribution in [1.29, 1.82) is 0 Å². The number of Topliss-reactive ketones (excluding diaryl/α,β-unsaturated/α-hetero) is 1. The first-order chi connectivity index (χ1) is 14.5. The van der Waals surface area contributed by atoms with Gasteiger partial charge in [-0.3, -0.25) is 14.3 Å². The van der Waals surface area contributed by atoms with Crippen LogP contribution in [0.4, 0.5) is 5.95 Å². The molecule has 154 valence electrons. The SMILES string of the molecule is CC(=O)COc1nn(CC(=O)O)cc1-c1cnc(NC2Cc3ccccc3C2)nc1. The average molecular weight is 407 g/mol. The Labute approximate surface area is 172 Å². The van der Waals surface area contributed by atoms with Gasteiger partial charge in [-0.1, -0.05) is 24.3 Å². The summed E-state index contributed by atoms with van der Waals surface area (Å²) in [6.45, 7) is 0.928. The van der Waals surface area contributed by atoms with Gasteiger partial charge in [0.15, 0.2) is 5.78 Å². The number of nitrogens with zero attached hydrogens (tertiary/aromatic N) is 4. The maximum atomic E-state index is 11.3. The van der Waals surface area contributed by atoms with E-state index in [0.29, 0.717) is 17.1 Å². The van der Waals surface area contributed by atoms with Crippen molar-refractivity contribution in [2.75, 3.05) is 11.9 Å². The molecule has 1 aliphatic rings. The second-order valence-corrected chi connectivity index (χ2v) is 7.24. The van der Waals surface area contributed by atoms with E-state index in [9.17, 15) is 9.59 Å². The van der Waals surface area contributed by atoms with Gasteiger partial charge in [-0.2, -0.15) is 0 Å². The number of hydrogen-bond donors (Lipinski definition) is 2. The quantitative estimate of drug-likeness (QED) is 0.582. The molecule has 4 rings (SSSR count). The number of carbonyl (C=O) groups is 2. The molecule has 1 aliphatic carbocycles. The van der Waals surface area contributed by atoms with E-state index in [-0.39, 0.29) is 30.9 Å². The summed E-state index contributed by atoms with van der Waals surface area (Å²) in [5.74, 6) is -0.514. The van der Waals surface area contributed by atoms with Crippen LogP contribution in [0.3, 0.4) is 0 Å². The van der Waals surface area contributed by atoms with Gasteiger partial charge in [0.25, 0.3) is 0 Å². The van der Waals surface area contributed by atoms with Crippen LogP contribution in [0.5, 0.6) is 5.88 Å². The standard InChI is InChI=1S/C21H21N5O4/c1-13(27)12-30-20-18(10-26(25-20)11-19(28)29)16-8-22-21(23-9-16)24-17-6-14-4-2-3-5-15(14)7-17/h2-5,8-10,17H,6-7,11-12H2,1H3,(H,28,29)(H,22,23,24). The van der Waals surface area contributed by atoms with Crippen LogP contribution in [-0.2, 0) is 29.0 Å². The van der Waals surface area contributed by atoms with Crippen LogP contribution in [0.15, 0.2) is 42.9 Å². The van der Waals surface area contributed by atoms with E-state index in [2.05, 4.69) is 32.5 Å². The topological polar surface area (TPSA) is 119 Å². The number of carboxylic acids is 1. The van der Waals surface area contributed by atoms with Gasteiger partial charge in [0.1, 0.15) is 13.2 Å². The molecule has 30 heavy (non-hydrogen) atoms. The van der Waals surface area contributed by atoms with Gasteiger partial charge in [0.2, 0.25) is 11.8 Å². The molecule has 2 heterocycles. The third-order valence-electron chi connectivity index (χ3n) is 4.78. The first-order valence-corrected chi connectivity index (χ1v) is 9.55. The van der Waals surface area contributed by atoms with Crippen molar-refractivity contribution in [3.8, 4) is 17.0 Å². The normalized spacial score (nSPS) is 13.1. The Bertz CT molecular complexity index is 1050. The predicted molar refractivity (Wildman–Crippen MR) is 108 cm³/mol. The zero-order valence-electron chi connectivity index (χ0n) is 16.4. The highest BCUT2D eigenvalue weighted by Crippen LogP contribution is 2.29. The lowest BCUT2D eigenvalue weighted by atomic mass is 10.1. The van der Waals surface area contributed by atoms with Gasteiger partial charge < -0.3 is 15.2 Å². The van der Waals surface area contributed by atoms with Gasteiger partial charge in [-0.25, -0.2) is 9.97 Å². The highest BCUT2D eigenvalue weighted by atomic mass is 16.5. The van der Waals surface area contributed by atoms with E-state index in [1.54, 1.807) is 18.6 Å². The summed E-state index contributed by atoms with van der Waals surface area (Å²) in [5.41, 5.74) is 3.82. The summed E-state index contributed by atoms with van der Waals surface area (Å²) >= 11 is 0. The molecule has 0 aliphatic heterocycles. The summed E-state index contributed by atoms with van der Waals surface area (Å²) in [6.07, 6.45) is 6.64. The Morgan fingerprint density at radius 2 is 1.87 bits per heavy atom. The van der Waals surface area contributed by atoms with Gasteiger partial charge in [0, 0.05) is 30.2 Å². The largest absolute Gasteiger partial charge is 0.480 e. The summed E-state index contributed by atoms with van der Waals surface area (Å²) < 4.78 is 6.69. The minimum atomic E-state index is -1.03. The van der Waals surface area contributed by atoms with Crippen molar-refractivity contribution in [3.63, 3.8) is 0 Å². The van der Waals surface area contributed by atoms with E-state index >= 15 is 0 Å². The van der Waals surface area contributed by atoms with E-state index in [0.717, 1.165) is 12.8 Å². The molecule has 0 fully saturated rings. The van der Waals surface area contributed by atoms with Crippen LogP contribution < -0.4 is 10.1 Å². The Balaban J connectivity index is 1.49. The number of carboxylic acid groups (broad SMARTS) is 1. The summed E-state index contributed by atoms with van der Waals surface area (Å²) in [4.78, 5) is 31.0. The molecule has 0 bridgehead atoms. The fourth-order valence-corrected chi connectivity index (χ4v) is 3.48. The Morgan fingerprint density at radius 3 is 2.47 bits per heavy atom. The Morgan fingerprint density at radius 1 is 1.20 bits per heavy atom. The minimum Gasteiger partial charge on any atom is -0.480 e. The van der Waals surface area contributed by atoms with Crippen LogP contribution in [0.1, 0.15) is 18.1 Å². The van der Waals surface area contributed by atoms with E-state index in [1.165, 1.54) is 22.7 Å². The van der Waals surface area contributed by atoms with Crippen LogP contribution in [0.2, 0.25) is 0 Å². The molecule has 3 aromatic rings. The van der Waals surface area contributed by atoms with Crippen molar-refractivity contribution in [2.24, 2.45) is 0 Å². The van der Waals surface area contributed by atoms with E-state index in [4.69, 9.17) is 9.84 Å². The number of benzene rings is 1. The number of aromatic nitrogens is 4. The number of carbonyl (C=O) groups excluding carboxylic acids is 1. The Hall–Kier alpha value is -3.75. The summed E-state index contributed by atoms with van der Waals surface area (Å²) in [6, 6.07) is 8.60. The van der Waals surface area contributed by atoms with Crippen LogP contribution in [-0.4, -0.2) is 49.3 Å². The maximum Gasteiger partial charge on any atom is 0.325 e. The lowest BCUT2D eigenvalue weighted by Crippen LogP contribution is -2.20. The molecule has 0 atom stereocenters. The van der Waals surface area contributed by atoms with Crippen molar-refractivity contribution in [1.82, 2.24) is 19.7 Å². The monoisotopic (exact) mass is 407 g/mol. The van der Waals surface area contributed by atoms with Gasteiger partial charge in [-0.05, 0) is 30.9 Å². The molecule has 0 radical (unpaired) electrons. The van der Waals surface area contributed by atoms with Crippen molar-refractivity contribution >= 4 is 17.7 Å². The molecule has 2 aromatic heterocycles. The van der Waals surface area contributed by atoms with Crippen LogP contribution >= 0.6 is 0 Å². The number of ketones is 1. The van der Waals surface area contributed by atoms with E-state index < -0.39 is 5.97 Å². The predicted octanol–water partition coefficient (Wildman–Crippen LogP) is 1.97. The third-order valence-corrected chi connectivity index (χ3v) is 4.78. The number of fused-ring (bicyclic) bond motifs is 1. The molecular weight excluding hydrogens is 386 g/mol. The third kappa shape index (κ3) is 4.45. The molecule has 0 amide bonds. The van der Waals surface area contributed by atoms with Crippen molar-refractivity contribution in [3.05, 3.63) is 54.0 Å². The highest BCUT2D eigenvalue weighted by molar-refractivity contribution is 5.77. The molecule has 0 spiro atoms. The van der Waals surface area contributed by atoms with Gasteiger partial charge >= 0.3 is 5.97 Å². The van der Waals surface area contributed by atoms with Crippen molar-refractivity contribution in [2.45, 2.75) is 32.4 Å². The molecule has 0 saturated carbocycles. The molecule has 0 saturated heterocycles. The van der Waals surface area contributed by atoms with Gasteiger partial charge in [0.05, 0.1) is 5.56 Å².